The summed E-state index contributed by atoms with van der Waals surface area (Å²) in [4.78, 5) is 15.1. The number of rotatable bonds is 2. The highest BCUT2D eigenvalue weighted by atomic mass is 15.2. The van der Waals surface area contributed by atoms with Crippen LogP contribution in [-0.4, -0.2) is 32.6 Å². The molecule has 1 atom stereocenters. The van der Waals surface area contributed by atoms with Crippen LogP contribution in [0.4, 0.5) is 5.82 Å². The summed E-state index contributed by atoms with van der Waals surface area (Å²) in [5.74, 6) is 0.684. The molecular formula is C17H16N6. The largest absolute Gasteiger partial charge is 0.352 e. The Balaban J connectivity index is 1.66. The van der Waals surface area contributed by atoms with Gasteiger partial charge in [0.15, 0.2) is 11.5 Å². The Labute approximate surface area is 134 Å². The van der Waals surface area contributed by atoms with Crippen molar-refractivity contribution in [2.75, 3.05) is 18.0 Å². The van der Waals surface area contributed by atoms with Crippen molar-refractivity contribution in [3.8, 4) is 6.07 Å². The molecule has 114 valence electrons. The van der Waals surface area contributed by atoms with Crippen LogP contribution in [0, 0.1) is 11.3 Å². The molecule has 0 amide bonds. The van der Waals surface area contributed by atoms with Gasteiger partial charge in [0.05, 0.1) is 23.4 Å². The van der Waals surface area contributed by atoms with Crippen molar-refractivity contribution in [3.63, 3.8) is 0 Å². The predicted octanol–water partition coefficient (Wildman–Crippen LogP) is 2.54. The van der Waals surface area contributed by atoms with E-state index in [1.165, 1.54) is 0 Å². The molecule has 1 aromatic carbocycles. The molecule has 0 saturated carbocycles. The van der Waals surface area contributed by atoms with Gasteiger partial charge in [-0.1, -0.05) is 12.1 Å². The second kappa shape index (κ2) is 5.69. The minimum absolute atomic E-state index is 0.324. The first-order chi connectivity index (χ1) is 11.4. The highest BCUT2D eigenvalue weighted by Crippen LogP contribution is 2.28. The molecule has 1 unspecified atom stereocenters. The van der Waals surface area contributed by atoms with E-state index in [4.69, 9.17) is 0 Å². The number of fused-ring (bicyclic) bond motifs is 1. The van der Waals surface area contributed by atoms with E-state index in [1.54, 1.807) is 12.4 Å². The molecule has 4 rings (SSSR count). The SMILES string of the molecule is N#Cc1nccnc1N1CCCC(n2cnc3ccccc32)C1. The van der Waals surface area contributed by atoms with Crippen LogP contribution in [0.2, 0.25) is 0 Å². The summed E-state index contributed by atoms with van der Waals surface area (Å²) >= 11 is 0. The van der Waals surface area contributed by atoms with E-state index in [-0.39, 0.29) is 0 Å². The number of anilines is 1. The topological polar surface area (TPSA) is 70.6 Å². The monoisotopic (exact) mass is 304 g/mol. The average Bonchev–Trinajstić information content (AvgIpc) is 3.06. The third-order valence-corrected chi connectivity index (χ3v) is 4.36. The van der Waals surface area contributed by atoms with Crippen molar-refractivity contribution in [1.29, 1.82) is 5.26 Å². The van der Waals surface area contributed by atoms with Crippen LogP contribution < -0.4 is 4.90 Å². The van der Waals surface area contributed by atoms with Crippen LogP contribution in [-0.2, 0) is 0 Å². The third-order valence-electron chi connectivity index (χ3n) is 4.36. The predicted molar refractivity (Wildman–Crippen MR) is 87.0 cm³/mol. The molecule has 0 N–H and O–H groups in total. The van der Waals surface area contributed by atoms with Gasteiger partial charge in [0.2, 0.25) is 0 Å². The summed E-state index contributed by atoms with van der Waals surface area (Å²) in [5.41, 5.74) is 2.56. The van der Waals surface area contributed by atoms with Crippen molar-refractivity contribution in [2.24, 2.45) is 0 Å². The second-order valence-electron chi connectivity index (χ2n) is 5.72. The van der Waals surface area contributed by atoms with Crippen LogP contribution in [0.25, 0.3) is 11.0 Å². The number of imidazole rings is 1. The molecule has 2 aromatic heterocycles. The molecule has 1 saturated heterocycles. The second-order valence-corrected chi connectivity index (χ2v) is 5.72. The average molecular weight is 304 g/mol. The van der Waals surface area contributed by atoms with Crippen molar-refractivity contribution in [2.45, 2.75) is 18.9 Å². The Hall–Kier alpha value is -2.94. The maximum Gasteiger partial charge on any atom is 0.183 e. The van der Waals surface area contributed by atoms with Gasteiger partial charge in [0.1, 0.15) is 6.07 Å². The molecule has 0 radical (unpaired) electrons. The van der Waals surface area contributed by atoms with E-state index in [1.807, 2.05) is 24.5 Å². The lowest BCUT2D eigenvalue weighted by molar-refractivity contribution is 0.410. The number of benzene rings is 1. The van der Waals surface area contributed by atoms with E-state index in [9.17, 15) is 5.26 Å². The molecule has 3 heterocycles. The number of aromatic nitrogens is 4. The first-order valence-corrected chi connectivity index (χ1v) is 7.74. The summed E-state index contributed by atoms with van der Waals surface area (Å²) < 4.78 is 2.24. The molecule has 3 aromatic rings. The van der Waals surface area contributed by atoms with Gasteiger partial charge in [0.25, 0.3) is 0 Å². The molecule has 23 heavy (non-hydrogen) atoms. The maximum absolute atomic E-state index is 9.25. The molecule has 1 aliphatic heterocycles. The van der Waals surface area contributed by atoms with Gasteiger partial charge < -0.3 is 9.47 Å². The molecule has 0 spiro atoms. The van der Waals surface area contributed by atoms with Gasteiger partial charge in [-0.25, -0.2) is 15.0 Å². The first-order valence-electron chi connectivity index (χ1n) is 7.74. The number of para-hydroxylation sites is 2. The Morgan fingerprint density at radius 1 is 1.13 bits per heavy atom. The minimum Gasteiger partial charge on any atom is -0.352 e. The van der Waals surface area contributed by atoms with E-state index in [2.05, 4.69) is 36.6 Å². The molecular weight excluding hydrogens is 288 g/mol. The van der Waals surface area contributed by atoms with Crippen molar-refractivity contribution >= 4 is 16.9 Å². The lowest BCUT2D eigenvalue weighted by Crippen LogP contribution is -2.37. The lowest BCUT2D eigenvalue weighted by atomic mass is 10.0. The quantitative estimate of drug-likeness (QED) is 0.727. The van der Waals surface area contributed by atoms with Crippen molar-refractivity contribution in [1.82, 2.24) is 19.5 Å². The van der Waals surface area contributed by atoms with Crippen LogP contribution in [0.3, 0.4) is 0 Å². The number of piperidine rings is 1. The summed E-state index contributed by atoms with van der Waals surface area (Å²) in [6, 6.07) is 10.6. The van der Waals surface area contributed by atoms with Gasteiger partial charge in [-0.2, -0.15) is 5.26 Å². The first kappa shape index (κ1) is 13.7. The van der Waals surface area contributed by atoms with Crippen molar-refractivity contribution in [3.05, 3.63) is 48.7 Å². The standard InChI is InChI=1S/C17H16N6/c18-10-15-17(20-8-7-19-15)22-9-3-4-13(11-22)23-12-21-14-5-1-2-6-16(14)23/h1-2,5-8,12-13H,3-4,9,11H2. The zero-order chi connectivity index (χ0) is 15.6. The lowest BCUT2D eigenvalue weighted by Gasteiger charge is -2.34. The van der Waals surface area contributed by atoms with E-state index in [0.717, 1.165) is 37.0 Å². The Bertz CT molecular complexity index is 878. The Kier molecular flexibility index (Phi) is 3.39. The molecule has 0 bridgehead atoms. The summed E-state index contributed by atoms with van der Waals surface area (Å²) in [7, 11) is 0. The minimum atomic E-state index is 0.324. The number of nitriles is 1. The van der Waals surface area contributed by atoms with Gasteiger partial charge in [-0.15, -0.1) is 0 Å². The molecule has 0 aliphatic carbocycles. The summed E-state index contributed by atoms with van der Waals surface area (Å²) in [6.45, 7) is 1.71. The van der Waals surface area contributed by atoms with Crippen LogP contribution in [0.5, 0.6) is 0 Å². The van der Waals surface area contributed by atoms with Crippen molar-refractivity contribution < 1.29 is 0 Å². The summed E-state index contributed by atoms with van der Waals surface area (Å²) in [5, 5.41) is 9.25. The van der Waals surface area contributed by atoms with Gasteiger partial charge in [-0.05, 0) is 25.0 Å². The zero-order valence-electron chi connectivity index (χ0n) is 12.6. The van der Waals surface area contributed by atoms with E-state index < -0.39 is 0 Å². The fraction of sp³-hybridized carbons (Fsp3) is 0.294. The number of hydrogen-bond donors (Lipinski definition) is 0. The Morgan fingerprint density at radius 3 is 2.91 bits per heavy atom. The van der Waals surface area contributed by atoms with Crippen LogP contribution >= 0.6 is 0 Å². The molecule has 6 nitrogen and oxygen atoms in total. The van der Waals surface area contributed by atoms with Gasteiger partial charge >= 0.3 is 0 Å². The van der Waals surface area contributed by atoms with E-state index in [0.29, 0.717) is 17.6 Å². The zero-order valence-corrected chi connectivity index (χ0v) is 12.6. The highest BCUT2D eigenvalue weighted by Gasteiger charge is 2.25. The third kappa shape index (κ3) is 2.40. The van der Waals surface area contributed by atoms with E-state index >= 15 is 0 Å². The van der Waals surface area contributed by atoms with Crippen LogP contribution in [0.1, 0.15) is 24.6 Å². The van der Waals surface area contributed by atoms with Gasteiger partial charge in [0, 0.05) is 25.5 Å². The normalized spacial score (nSPS) is 18.0. The Morgan fingerprint density at radius 2 is 2.00 bits per heavy atom. The summed E-state index contributed by atoms with van der Waals surface area (Å²) in [6.07, 6.45) is 7.28. The molecule has 1 fully saturated rings. The smallest absolute Gasteiger partial charge is 0.183 e. The number of nitrogens with zero attached hydrogens (tertiary/aromatic N) is 6. The number of hydrogen-bond acceptors (Lipinski definition) is 5. The van der Waals surface area contributed by atoms with Crippen LogP contribution in [0.15, 0.2) is 43.0 Å². The molecule has 6 heteroatoms. The highest BCUT2D eigenvalue weighted by molar-refractivity contribution is 5.75. The van der Waals surface area contributed by atoms with Gasteiger partial charge in [-0.3, -0.25) is 0 Å². The maximum atomic E-state index is 9.25. The fourth-order valence-electron chi connectivity index (χ4n) is 3.28. The molecule has 1 aliphatic rings. The fourth-order valence-corrected chi connectivity index (χ4v) is 3.28.